The van der Waals surface area contributed by atoms with Crippen LogP contribution in [0.2, 0.25) is 5.02 Å². The molecular weight excluding hydrogens is 270 g/mol. The molecule has 104 valence electrons. The fourth-order valence-electron chi connectivity index (χ4n) is 2.81. The molecule has 0 saturated carbocycles. The van der Waals surface area contributed by atoms with Gasteiger partial charge in [0.1, 0.15) is 5.75 Å². The van der Waals surface area contributed by atoms with E-state index in [4.69, 9.17) is 16.3 Å². The van der Waals surface area contributed by atoms with Gasteiger partial charge in [0.15, 0.2) is 0 Å². The Morgan fingerprint density at radius 2 is 2.15 bits per heavy atom. The first-order valence-electron chi connectivity index (χ1n) is 6.95. The number of aryl methyl sites for hydroxylation is 1. The van der Waals surface area contributed by atoms with Crippen molar-refractivity contribution in [1.82, 2.24) is 0 Å². The first-order chi connectivity index (χ1) is 9.67. The smallest absolute Gasteiger partial charge is 0.119 e. The molecule has 0 radical (unpaired) electrons. The molecule has 2 aromatic carbocycles. The van der Waals surface area contributed by atoms with E-state index in [9.17, 15) is 0 Å². The van der Waals surface area contributed by atoms with E-state index in [0.717, 1.165) is 17.2 Å². The van der Waals surface area contributed by atoms with Gasteiger partial charge in [0.2, 0.25) is 0 Å². The molecule has 0 aromatic heterocycles. The fraction of sp³-hybridized carbons (Fsp3) is 0.294. The fourth-order valence-corrected chi connectivity index (χ4v) is 3.11. The predicted molar refractivity (Wildman–Crippen MR) is 83.9 cm³/mol. The monoisotopic (exact) mass is 287 g/mol. The molecule has 1 unspecified atom stereocenters. The van der Waals surface area contributed by atoms with Crippen LogP contribution < -0.4 is 10.1 Å². The van der Waals surface area contributed by atoms with Gasteiger partial charge in [0.05, 0.1) is 12.6 Å². The molecule has 1 aliphatic rings. The Labute approximate surface area is 124 Å². The van der Waals surface area contributed by atoms with E-state index in [1.807, 2.05) is 25.1 Å². The highest BCUT2D eigenvalue weighted by Gasteiger charge is 2.24. The van der Waals surface area contributed by atoms with Gasteiger partial charge in [-0.2, -0.15) is 0 Å². The van der Waals surface area contributed by atoms with E-state index in [-0.39, 0.29) is 0 Å². The van der Waals surface area contributed by atoms with Gasteiger partial charge in [-0.1, -0.05) is 23.7 Å². The number of rotatable bonds is 3. The van der Waals surface area contributed by atoms with Crippen molar-refractivity contribution in [3.63, 3.8) is 0 Å². The molecule has 2 nitrogen and oxygen atoms in total. The highest BCUT2D eigenvalue weighted by Crippen LogP contribution is 2.38. The van der Waals surface area contributed by atoms with E-state index in [0.29, 0.717) is 12.6 Å². The minimum absolute atomic E-state index is 0.294. The summed E-state index contributed by atoms with van der Waals surface area (Å²) in [5, 5.41) is 4.41. The molecule has 1 atom stereocenters. The van der Waals surface area contributed by atoms with E-state index in [1.165, 1.54) is 22.4 Å². The second-order valence-corrected chi connectivity index (χ2v) is 5.60. The van der Waals surface area contributed by atoms with Crippen LogP contribution in [0.4, 0.5) is 5.69 Å². The lowest BCUT2D eigenvalue weighted by Crippen LogP contribution is -2.06. The van der Waals surface area contributed by atoms with Gasteiger partial charge in [-0.05, 0) is 61.2 Å². The standard InChI is InChI=1S/C17H18ClNO/c1-3-20-15-6-4-5-12(9-15)16-10-13-8-14(18)7-11(2)17(13)19-16/h4-9,16,19H,3,10H2,1-2H3. The summed E-state index contributed by atoms with van der Waals surface area (Å²) in [6.07, 6.45) is 0.965. The number of anilines is 1. The lowest BCUT2D eigenvalue weighted by molar-refractivity contribution is 0.339. The zero-order valence-electron chi connectivity index (χ0n) is 11.7. The molecule has 0 spiro atoms. The SMILES string of the molecule is CCOc1cccc(C2Cc3cc(Cl)cc(C)c3N2)c1. The average molecular weight is 288 g/mol. The third-order valence-corrected chi connectivity index (χ3v) is 3.91. The maximum atomic E-state index is 6.14. The molecule has 1 N–H and O–H groups in total. The van der Waals surface area contributed by atoms with Crippen molar-refractivity contribution in [2.45, 2.75) is 26.3 Å². The normalized spacial score (nSPS) is 16.6. The maximum absolute atomic E-state index is 6.14. The number of hydrogen-bond acceptors (Lipinski definition) is 2. The Bertz CT molecular complexity index is 639. The molecular formula is C17H18ClNO. The Balaban J connectivity index is 1.88. The summed E-state index contributed by atoms with van der Waals surface area (Å²) < 4.78 is 5.58. The molecule has 3 rings (SSSR count). The van der Waals surface area contributed by atoms with Crippen molar-refractivity contribution < 1.29 is 4.74 Å². The molecule has 0 aliphatic carbocycles. The molecule has 1 heterocycles. The number of halogens is 1. The predicted octanol–water partition coefficient (Wildman–Crippen LogP) is 4.76. The van der Waals surface area contributed by atoms with Crippen LogP contribution in [0, 0.1) is 6.92 Å². The van der Waals surface area contributed by atoms with Gasteiger partial charge >= 0.3 is 0 Å². The maximum Gasteiger partial charge on any atom is 0.119 e. The third kappa shape index (κ3) is 2.48. The van der Waals surface area contributed by atoms with Crippen molar-refractivity contribution in [3.8, 4) is 5.75 Å². The van der Waals surface area contributed by atoms with Crippen LogP contribution in [0.25, 0.3) is 0 Å². The minimum Gasteiger partial charge on any atom is -0.494 e. The molecule has 1 aliphatic heterocycles. The van der Waals surface area contributed by atoms with Crippen molar-refractivity contribution in [2.24, 2.45) is 0 Å². The lowest BCUT2D eigenvalue weighted by atomic mass is 10.0. The van der Waals surface area contributed by atoms with E-state index >= 15 is 0 Å². The number of benzene rings is 2. The number of ether oxygens (including phenoxy) is 1. The van der Waals surface area contributed by atoms with Crippen LogP contribution in [-0.2, 0) is 6.42 Å². The Morgan fingerprint density at radius 3 is 2.95 bits per heavy atom. The highest BCUT2D eigenvalue weighted by molar-refractivity contribution is 6.30. The summed E-state index contributed by atoms with van der Waals surface area (Å²) in [4.78, 5) is 0. The molecule has 0 saturated heterocycles. The largest absolute Gasteiger partial charge is 0.494 e. The summed E-state index contributed by atoms with van der Waals surface area (Å²) in [5.41, 5.74) is 4.97. The quantitative estimate of drug-likeness (QED) is 0.879. The van der Waals surface area contributed by atoms with Gasteiger partial charge in [0, 0.05) is 10.7 Å². The zero-order valence-corrected chi connectivity index (χ0v) is 12.5. The van der Waals surface area contributed by atoms with Gasteiger partial charge < -0.3 is 10.1 Å². The Hall–Kier alpha value is -1.67. The summed E-state index contributed by atoms with van der Waals surface area (Å²) >= 11 is 6.14. The van der Waals surface area contributed by atoms with Crippen molar-refractivity contribution >= 4 is 17.3 Å². The van der Waals surface area contributed by atoms with Gasteiger partial charge in [-0.15, -0.1) is 0 Å². The first-order valence-corrected chi connectivity index (χ1v) is 7.33. The second kappa shape index (κ2) is 5.37. The van der Waals surface area contributed by atoms with Crippen LogP contribution in [0.3, 0.4) is 0 Å². The Kier molecular flexibility index (Phi) is 3.58. The number of nitrogens with one attached hydrogen (secondary N) is 1. The Morgan fingerprint density at radius 1 is 1.30 bits per heavy atom. The topological polar surface area (TPSA) is 21.3 Å². The molecule has 3 heteroatoms. The van der Waals surface area contributed by atoms with Crippen LogP contribution in [0.5, 0.6) is 5.75 Å². The zero-order chi connectivity index (χ0) is 14.1. The summed E-state index contributed by atoms with van der Waals surface area (Å²) in [6, 6.07) is 12.7. The highest BCUT2D eigenvalue weighted by atomic mass is 35.5. The van der Waals surface area contributed by atoms with Crippen LogP contribution >= 0.6 is 11.6 Å². The number of hydrogen-bond donors (Lipinski definition) is 1. The van der Waals surface area contributed by atoms with E-state index < -0.39 is 0 Å². The third-order valence-electron chi connectivity index (χ3n) is 3.70. The molecule has 20 heavy (non-hydrogen) atoms. The number of fused-ring (bicyclic) bond motifs is 1. The summed E-state index contributed by atoms with van der Waals surface area (Å²) in [7, 11) is 0. The second-order valence-electron chi connectivity index (χ2n) is 5.16. The minimum atomic E-state index is 0.294. The average Bonchev–Trinajstić information content (AvgIpc) is 2.83. The van der Waals surface area contributed by atoms with Gasteiger partial charge in [-0.25, -0.2) is 0 Å². The van der Waals surface area contributed by atoms with Crippen LogP contribution in [0.1, 0.15) is 29.7 Å². The molecule has 0 bridgehead atoms. The van der Waals surface area contributed by atoms with Crippen molar-refractivity contribution in [3.05, 3.63) is 58.1 Å². The van der Waals surface area contributed by atoms with Gasteiger partial charge in [-0.3, -0.25) is 0 Å². The van der Waals surface area contributed by atoms with Crippen LogP contribution in [-0.4, -0.2) is 6.61 Å². The van der Waals surface area contributed by atoms with E-state index in [2.05, 4.69) is 30.4 Å². The van der Waals surface area contributed by atoms with Crippen LogP contribution in [0.15, 0.2) is 36.4 Å². The van der Waals surface area contributed by atoms with Gasteiger partial charge in [0.25, 0.3) is 0 Å². The summed E-state index contributed by atoms with van der Waals surface area (Å²) in [6.45, 7) is 4.79. The molecule has 0 fully saturated rings. The van der Waals surface area contributed by atoms with E-state index in [1.54, 1.807) is 0 Å². The molecule has 0 amide bonds. The lowest BCUT2D eigenvalue weighted by Gasteiger charge is -2.14. The van der Waals surface area contributed by atoms with Crippen molar-refractivity contribution in [2.75, 3.05) is 11.9 Å². The summed E-state index contributed by atoms with van der Waals surface area (Å²) in [5.74, 6) is 0.928. The molecule has 2 aromatic rings. The van der Waals surface area contributed by atoms with Crippen molar-refractivity contribution in [1.29, 1.82) is 0 Å². The first kappa shape index (κ1) is 13.3.